The molecule has 0 unspecified atom stereocenters. The molecule has 5 nitrogen and oxygen atoms in total. The van der Waals surface area contributed by atoms with Crippen LogP contribution in [-0.2, 0) is 16.1 Å². The van der Waals surface area contributed by atoms with Crippen LogP contribution in [0, 0.1) is 0 Å². The van der Waals surface area contributed by atoms with Crippen molar-refractivity contribution in [2.24, 2.45) is 0 Å². The first-order valence-corrected chi connectivity index (χ1v) is 5.48. The molecule has 0 atom stereocenters. The average molecular weight is 252 g/mol. The van der Waals surface area contributed by atoms with Gasteiger partial charge in [-0.05, 0) is 30.7 Å². The molecule has 0 aliphatic heterocycles. The lowest BCUT2D eigenvalue weighted by Gasteiger charge is -2.08. The van der Waals surface area contributed by atoms with Crippen molar-refractivity contribution in [3.8, 4) is 11.5 Å². The van der Waals surface area contributed by atoms with Crippen molar-refractivity contribution in [3.63, 3.8) is 0 Å². The molecule has 1 aromatic carbocycles. The summed E-state index contributed by atoms with van der Waals surface area (Å²) < 4.78 is 9.72. The monoisotopic (exact) mass is 252 g/mol. The average Bonchev–Trinajstić information content (AvgIpc) is 2.37. The Morgan fingerprint density at radius 1 is 1.44 bits per heavy atom. The summed E-state index contributed by atoms with van der Waals surface area (Å²) in [6, 6.07) is 3.12. The molecular weight excluding hydrogens is 236 g/mol. The van der Waals surface area contributed by atoms with Gasteiger partial charge in [-0.1, -0.05) is 0 Å². The van der Waals surface area contributed by atoms with E-state index in [2.05, 4.69) is 0 Å². The predicted octanol–water partition coefficient (Wildman–Crippen LogP) is 1.47. The highest BCUT2D eigenvalue weighted by Crippen LogP contribution is 2.31. The highest BCUT2D eigenvalue weighted by Gasteiger charge is 2.08. The van der Waals surface area contributed by atoms with Crippen LogP contribution in [0.5, 0.6) is 11.5 Å². The van der Waals surface area contributed by atoms with Crippen molar-refractivity contribution >= 4 is 12.0 Å². The second kappa shape index (κ2) is 6.66. The zero-order valence-electron chi connectivity index (χ0n) is 10.3. The lowest BCUT2D eigenvalue weighted by atomic mass is 10.1. The summed E-state index contributed by atoms with van der Waals surface area (Å²) in [5.41, 5.74) is 0.958. The van der Waals surface area contributed by atoms with Gasteiger partial charge in [0, 0.05) is 11.6 Å². The molecule has 0 heterocycles. The van der Waals surface area contributed by atoms with Gasteiger partial charge in [-0.3, -0.25) is 0 Å². The van der Waals surface area contributed by atoms with E-state index >= 15 is 0 Å². The number of hydrogen-bond donors (Lipinski definition) is 2. The number of phenols is 1. The molecule has 1 rings (SSSR count). The lowest BCUT2D eigenvalue weighted by molar-refractivity contribution is -0.137. The van der Waals surface area contributed by atoms with Gasteiger partial charge in [0.05, 0.1) is 20.3 Å². The van der Waals surface area contributed by atoms with Gasteiger partial charge in [-0.2, -0.15) is 0 Å². The van der Waals surface area contributed by atoms with Crippen molar-refractivity contribution in [1.82, 2.24) is 0 Å². The Bertz CT molecular complexity index is 426. The summed E-state index contributed by atoms with van der Waals surface area (Å²) in [7, 11) is 1.41. The van der Waals surface area contributed by atoms with E-state index in [9.17, 15) is 9.90 Å². The fourth-order valence-electron chi connectivity index (χ4n) is 1.42. The topological polar surface area (TPSA) is 76.0 Å². The van der Waals surface area contributed by atoms with Crippen LogP contribution in [0.25, 0.3) is 6.08 Å². The van der Waals surface area contributed by atoms with Crippen molar-refractivity contribution in [2.75, 3.05) is 13.7 Å². The quantitative estimate of drug-likeness (QED) is 0.613. The third kappa shape index (κ3) is 3.49. The number of rotatable bonds is 5. The number of aliphatic hydroxyl groups excluding tert-OH is 1. The van der Waals surface area contributed by atoms with Crippen LogP contribution in [0.1, 0.15) is 18.1 Å². The summed E-state index contributed by atoms with van der Waals surface area (Å²) in [5, 5.41) is 18.8. The normalized spacial score (nSPS) is 10.6. The van der Waals surface area contributed by atoms with Gasteiger partial charge in [0.15, 0.2) is 11.5 Å². The number of ether oxygens (including phenoxy) is 2. The number of aromatic hydroxyl groups is 1. The molecule has 0 aromatic heterocycles. The first kappa shape index (κ1) is 14.1. The molecular formula is C13H16O5. The van der Waals surface area contributed by atoms with E-state index in [0.29, 0.717) is 17.7 Å². The Hall–Kier alpha value is -2.01. The summed E-state index contributed by atoms with van der Waals surface area (Å²) in [6.45, 7) is 1.71. The number of aliphatic hydroxyl groups is 1. The van der Waals surface area contributed by atoms with Gasteiger partial charge >= 0.3 is 5.97 Å². The van der Waals surface area contributed by atoms with Gasteiger partial charge in [-0.15, -0.1) is 0 Å². The van der Waals surface area contributed by atoms with Crippen LogP contribution in [0.4, 0.5) is 0 Å². The Balaban J connectivity index is 2.99. The van der Waals surface area contributed by atoms with Crippen molar-refractivity contribution in [3.05, 3.63) is 29.3 Å². The number of esters is 1. The van der Waals surface area contributed by atoms with E-state index in [1.165, 1.54) is 19.3 Å². The number of benzene rings is 1. The van der Waals surface area contributed by atoms with Crippen LogP contribution in [0.3, 0.4) is 0 Å². The highest BCUT2D eigenvalue weighted by atomic mass is 16.5. The molecule has 0 fully saturated rings. The van der Waals surface area contributed by atoms with Crippen LogP contribution >= 0.6 is 0 Å². The molecule has 0 amide bonds. The maximum atomic E-state index is 11.2. The lowest BCUT2D eigenvalue weighted by Crippen LogP contribution is -1.98. The Kier molecular flexibility index (Phi) is 5.20. The highest BCUT2D eigenvalue weighted by molar-refractivity contribution is 5.87. The fraction of sp³-hybridized carbons (Fsp3) is 0.308. The molecule has 0 saturated carbocycles. The van der Waals surface area contributed by atoms with Crippen LogP contribution in [-0.4, -0.2) is 29.9 Å². The molecule has 0 bridgehead atoms. The van der Waals surface area contributed by atoms with Gasteiger partial charge in [-0.25, -0.2) is 4.79 Å². The van der Waals surface area contributed by atoms with Crippen LogP contribution in [0.15, 0.2) is 18.2 Å². The number of methoxy groups -OCH3 is 1. The standard InChI is InChI=1S/C13H16O5/c1-3-18-12(15)5-4-9-6-10(8-14)13(16)11(7-9)17-2/h4-7,14,16H,3,8H2,1-2H3. The molecule has 98 valence electrons. The van der Waals surface area contributed by atoms with E-state index in [1.807, 2.05) is 0 Å². The second-order valence-corrected chi connectivity index (χ2v) is 3.47. The maximum Gasteiger partial charge on any atom is 0.330 e. The summed E-state index contributed by atoms with van der Waals surface area (Å²) >= 11 is 0. The molecule has 0 aliphatic rings. The van der Waals surface area contributed by atoms with Crippen LogP contribution < -0.4 is 4.74 Å². The minimum atomic E-state index is -0.449. The number of hydrogen-bond acceptors (Lipinski definition) is 5. The summed E-state index contributed by atoms with van der Waals surface area (Å²) in [5.74, 6) is -0.312. The van der Waals surface area contributed by atoms with E-state index in [-0.39, 0.29) is 18.1 Å². The fourth-order valence-corrected chi connectivity index (χ4v) is 1.42. The summed E-state index contributed by atoms with van der Waals surface area (Å²) in [6.07, 6.45) is 2.80. The molecule has 0 saturated heterocycles. The van der Waals surface area contributed by atoms with Gasteiger partial charge in [0.2, 0.25) is 0 Å². The third-order valence-corrected chi connectivity index (χ3v) is 2.26. The molecule has 0 aliphatic carbocycles. The van der Waals surface area contributed by atoms with Crippen molar-refractivity contribution in [1.29, 1.82) is 0 Å². The Labute approximate surface area is 105 Å². The first-order valence-electron chi connectivity index (χ1n) is 5.48. The van der Waals surface area contributed by atoms with Gasteiger partial charge in [0.25, 0.3) is 0 Å². The van der Waals surface area contributed by atoms with E-state index in [1.54, 1.807) is 19.1 Å². The smallest absolute Gasteiger partial charge is 0.330 e. The van der Waals surface area contributed by atoms with E-state index in [0.717, 1.165) is 0 Å². The van der Waals surface area contributed by atoms with E-state index in [4.69, 9.17) is 14.6 Å². The zero-order chi connectivity index (χ0) is 13.5. The second-order valence-electron chi connectivity index (χ2n) is 3.47. The maximum absolute atomic E-state index is 11.2. The number of carbonyl (C=O) groups is 1. The minimum Gasteiger partial charge on any atom is -0.504 e. The van der Waals surface area contributed by atoms with E-state index < -0.39 is 5.97 Å². The molecule has 18 heavy (non-hydrogen) atoms. The molecule has 0 spiro atoms. The summed E-state index contributed by atoms with van der Waals surface area (Å²) in [4.78, 5) is 11.2. The largest absolute Gasteiger partial charge is 0.504 e. The molecule has 2 N–H and O–H groups in total. The first-order chi connectivity index (χ1) is 8.62. The Morgan fingerprint density at radius 3 is 2.72 bits per heavy atom. The predicted molar refractivity (Wildman–Crippen MR) is 66.2 cm³/mol. The zero-order valence-corrected chi connectivity index (χ0v) is 10.3. The minimum absolute atomic E-state index is 0.103. The molecule has 0 radical (unpaired) electrons. The third-order valence-electron chi connectivity index (χ3n) is 2.26. The number of carbonyl (C=O) groups excluding carboxylic acids is 1. The molecule has 5 heteroatoms. The van der Waals surface area contributed by atoms with Crippen LogP contribution in [0.2, 0.25) is 0 Å². The SMILES string of the molecule is CCOC(=O)C=Cc1cc(CO)c(O)c(OC)c1. The van der Waals surface area contributed by atoms with Crippen molar-refractivity contribution in [2.45, 2.75) is 13.5 Å². The van der Waals surface area contributed by atoms with Gasteiger partial charge < -0.3 is 19.7 Å². The molecule has 1 aromatic rings. The van der Waals surface area contributed by atoms with Crippen molar-refractivity contribution < 1.29 is 24.5 Å². The Morgan fingerprint density at radius 2 is 2.17 bits per heavy atom. The van der Waals surface area contributed by atoms with Gasteiger partial charge in [0.1, 0.15) is 0 Å².